The lowest BCUT2D eigenvalue weighted by Crippen LogP contribution is -2.26. The minimum atomic E-state index is -4.62. The van der Waals surface area contributed by atoms with E-state index in [1.165, 1.54) is 12.1 Å². The predicted molar refractivity (Wildman–Crippen MR) is 116 cm³/mol. The van der Waals surface area contributed by atoms with E-state index in [2.05, 4.69) is 17.0 Å². The molecule has 6 nitrogen and oxygen atoms in total. The van der Waals surface area contributed by atoms with Crippen LogP contribution in [-0.2, 0) is 20.9 Å². The number of hydrogen-bond acceptors (Lipinski definition) is 4. The SMILES string of the molecule is CCCCOCCCNC(=O)c1cc(S(=O)(=O)Nc2cccc(C(F)(F)F)c2)ccc1Cl. The fraction of sp³-hybridized carbons (Fsp3) is 0.381. The second-order valence-corrected chi connectivity index (χ2v) is 8.99. The lowest BCUT2D eigenvalue weighted by molar-refractivity contribution is -0.137. The van der Waals surface area contributed by atoms with Crippen LogP contribution in [0.15, 0.2) is 47.4 Å². The smallest absolute Gasteiger partial charge is 0.381 e. The predicted octanol–water partition coefficient (Wildman–Crippen LogP) is 5.10. The number of hydrogen-bond donors (Lipinski definition) is 2. The summed E-state index contributed by atoms with van der Waals surface area (Å²) in [7, 11) is -4.26. The van der Waals surface area contributed by atoms with Crippen LogP contribution >= 0.6 is 11.6 Å². The first-order valence-corrected chi connectivity index (χ1v) is 11.8. The molecule has 0 aromatic heterocycles. The summed E-state index contributed by atoms with van der Waals surface area (Å²) in [5, 5.41) is 2.68. The summed E-state index contributed by atoms with van der Waals surface area (Å²) in [5.74, 6) is -0.570. The highest BCUT2D eigenvalue weighted by Gasteiger charge is 2.30. The molecule has 0 unspecified atom stereocenters. The second-order valence-electron chi connectivity index (χ2n) is 6.90. The van der Waals surface area contributed by atoms with Crippen LogP contribution in [0, 0.1) is 0 Å². The molecule has 2 rings (SSSR count). The summed E-state index contributed by atoms with van der Waals surface area (Å²) < 4.78 is 71.4. The molecule has 0 saturated heterocycles. The first-order valence-electron chi connectivity index (χ1n) is 9.90. The lowest BCUT2D eigenvalue weighted by Gasteiger charge is -2.13. The van der Waals surface area contributed by atoms with Crippen molar-refractivity contribution in [1.29, 1.82) is 0 Å². The zero-order valence-electron chi connectivity index (χ0n) is 17.3. The summed E-state index contributed by atoms with van der Waals surface area (Å²) in [6.45, 7) is 3.48. The number of ether oxygens (including phenoxy) is 1. The van der Waals surface area contributed by atoms with Gasteiger partial charge in [-0.2, -0.15) is 13.2 Å². The standard InChI is InChI=1S/C21H24ClF3N2O4S/c1-2-3-11-31-12-5-10-26-20(28)18-14-17(8-9-19(18)22)32(29,30)27-16-7-4-6-15(13-16)21(23,24)25/h4,6-9,13-14,27H,2-3,5,10-12H2,1H3,(H,26,28). The Morgan fingerprint density at radius 2 is 1.81 bits per heavy atom. The molecule has 0 spiro atoms. The number of alkyl halides is 3. The van der Waals surface area contributed by atoms with E-state index < -0.39 is 27.7 Å². The average Bonchev–Trinajstić information content (AvgIpc) is 2.72. The first kappa shape index (κ1) is 26.0. The molecule has 0 atom stereocenters. The fourth-order valence-electron chi connectivity index (χ4n) is 2.64. The quantitative estimate of drug-likeness (QED) is 0.428. The number of amides is 1. The molecular formula is C21H24ClF3N2O4S. The number of anilines is 1. The lowest BCUT2D eigenvalue weighted by atomic mass is 10.2. The number of sulfonamides is 1. The molecule has 0 radical (unpaired) electrons. The van der Waals surface area contributed by atoms with E-state index in [1.54, 1.807) is 0 Å². The molecule has 2 N–H and O–H groups in total. The van der Waals surface area contributed by atoms with Gasteiger partial charge in [0.25, 0.3) is 15.9 Å². The van der Waals surface area contributed by atoms with Crippen molar-refractivity contribution < 1.29 is 31.1 Å². The van der Waals surface area contributed by atoms with Crippen LogP contribution < -0.4 is 10.0 Å². The number of carbonyl (C=O) groups excluding carboxylic acids is 1. The fourth-order valence-corrected chi connectivity index (χ4v) is 3.92. The van der Waals surface area contributed by atoms with Crippen molar-refractivity contribution in [2.24, 2.45) is 0 Å². The van der Waals surface area contributed by atoms with E-state index in [9.17, 15) is 26.4 Å². The average molecular weight is 493 g/mol. The van der Waals surface area contributed by atoms with Crippen molar-refractivity contribution in [3.8, 4) is 0 Å². The van der Waals surface area contributed by atoms with Crippen LogP contribution in [0.3, 0.4) is 0 Å². The maximum atomic E-state index is 12.9. The minimum Gasteiger partial charge on any atom is -0.381 e. The molecule has 1 amide bonds. The van der Waals surface area contributed by atoms with Gasteiger partial charge in [0.15, 0.2) is 0 Å². The number of unbranched alkanes of at least 4 members (excludes halogenated alkanes) is 1. The van der Waals surface area contributed by atoms with Crippen LogP contribution in [0.4, 0.5) is 18.9 Å². The van der Waals surface area contributed by atoms with Gasteiger partial charge in [-0.05, 0) is 49.2 Å². The Morgan fingerprint density at radius 3 is 2.50 bits per heavy atom. The summed E-state index contributed by atoms with van der Waals surface area (Å²) in [5.41, 5.74) is -1.32. The van der Waals surface area contributed by atoms with Crippen LogP contribution in [0.25, 0.3) is 0 Å². The van der Waals surface area contributed by atoms with Crippen molar-refractivity contribution in [2.45, 2.75) is 37.3 Å². The van der Waals surface area contributed by atoms with E-state index >= 15 is 0 Å². The third kappa shape index (κ3) is 7.68. The monoisotopic (exact) mass is 492 g/mol. The summed E-state index contributed by atoms with van der Waals surface area (Å²) in [6, 6.07) is 7.28. The molecule has 2 aromatic rings. The molecule has 2 aromatic carbocycles. The Kier molecular flexibility index (Phi) is 9.35. The summed E-state index contributed by atoms with van der Waals surface area (Å²) in [4.78, 5) is 12.1. The van der Waals surface area contributed by atoms with Crippen LogP contribution in [0.1, 0.15) is 42.1 Å². The number of carbonyl (C=O) groups is 1. The van der Waals surface area contributed by atoms with E-state index in [0.717, 1.165) is 37.1 Å². The van der Waals surface area contributed by atoms with Crippen LogP contribution in [0.2, 0.25) is 5.02 Å². The van der Waals surface area contributed by atoms with Gasteiger partial charge < -0.3 is 10.1 Å². The third-order valence-corrected chi connectivity index (χ3v) is 6.04. The number of nitrogens with one attached hydrogen (secondary N) is 2. The van der Waals surface area contributed by atoms with Crippen molar-refractivity contribution >= 4 is 33.2 Å². The van der Waals surface area contributed by atoms with Gasteiger partial charge in [0.2, 0.25) is 0 Å². The Bertz CT molecular complexity index is 1030. The third-order valence-electron chi connectivity index (χ3n) is 4.33. The van der Waals surface area contributed by atoms with Crippen LogP contribution in [0.5, 0.6) is 0 Å². The van der Waals surface area contributed by atoms with Crippen molar-refractivity contribution in [3.63, 3.8) is 0 Å². The number of rotatable bonds is 11. The van der Waals surface area contributed by atoms with Crippen molar-refractivity contribution in [2.75, 3.05) is 24.5 Å². The van der Waals surface area contributed by atoms with Gasteiger partial charge in [-0.25, -0.2) is 8.42 Å². The molecule has 11 heteroatoms. The molecular weight excluding hydrogens is 469 g/mol. The zero-order chi connectivity index (χ0) is 23.8. The Balaban J connectivity index is 2.08. The summed E-state index contributed by atoms with van der Waals surface area (Å²) in [6.07, 6.45) is -2.06. The molecule has 0 aliphatic carbocycles. The second kappa shape index (κ2) is 11.5. The largest absolute Gasteiger partial charge is 0.416 e. The zero-order valence-corrected chi connectivity index (χ0v) is 18.9. The maximum Gasteiger partial charge on any atom is 0.416 e. The Hall–Kier alpha value is -2.30. The van der Waals surface area contributed by atoms with Crippen molar-refractivity contribution in [3.05, 3.63) is 58.6 Å². The molecule has 0 aliphatic rings. The summed E-state index contributed by atoms with van der Waals surface area (Å²) >= 11 is 6.04. The van der Waals surface area contributed by atoms with E-state index in [0.29, 0.717) is 32.2 Å². The maximum absolute atomic E-state index is 12.9. The normalized spacial score (nSPS) is 11.9. The van der Waals surface area contributed by atoms with Gasteiger partial charge in [-0.3, -0.25) is 9.52 Å². The molecule has 0 heterocycles. The molecule has 32 heavy (non-hydrogen) atoms. The van der Waals surface area contributed by atoms with Gasteiger partial charge in [-0.15, -0.1) is 0 Å². The molecule has 176 valence electrons. The Labute approximate surface area is 190 Å². The highest BCUT2D eigenvalue weighted by Crippen LogP contribution is 2.31. The highest BCUT2D eigenvalue weighted by atomic mass is 35.5. The first-order chi connectivity index (χ1) is 15.0. The van der Waals surface area contributed by atoms with Gasteiger partial charge in [0, 0.05) is 25.4 Å². The van der Waals surface area contributed by atoms with Crippen molar-refractivity contribution in [1.82, 2.24) is 5.32 Å². The molecule has 0 aliphatic heterocycles. The van der Waals surface area contributed by atoms with E-state index in [1.807, 2.05) is 0 Å². The molecule has 0 fully saturated rings. The van der Waals surface area contributed by atoms with Gasteiger partial charge in [0.1, 0.15) is 0 Å². The molecule has 0 saturated carbocycles. The molecule has 0 bridgehead atoms. The number of halogens is 4. The Morgan fingerprint density at radius 1 is 1.09 bits per heavy atom. The topological polar surface area (TPSA) is 84.5 Å². The van der Waals surface area contributed by atoms with E-state index in [-0.39, 0.29) is 21.2 Å². The van der Waals surface area contributed by atoms with Gasteiger partial charge in [-0.1, -0.05) is 31.0 Å². The highest BCUT2D eigenvalue weighted by molar-refractivity contribution is 7.92. The van der Waals surface area contributed by atoms with Gasteiger partial charge >= 0.3 is 6.18 Å². The van der Waals surface area contributed by atoms with Gasteiger partial charge in [0.05, 0.1) is 21.0 Å². The van der Waals surface area contributed by atoms with Crippen LogP contribution in [-0.4, -0.2) is 34.1 Å². The number of benzene rings is 2. The minimum absolute atomic E-state index is 0.0414. The van der Waals surface area contributed by atoms with E-state index in [4.69, 9.17) is 16.3 Å².